The van der Waals surface area contributed by atoms with E-state index in [0.29, 0.717) is 42.5 Å². The lowest BCUT2D eigenvalue weighted by Crippen LogP contribution is -2.60. The minimum atomic E-state index is 0.312. The zero-order valence-electron chi connectivity index (χ0n) is 14.4. The maximum atomic E-state index is 13.0. The summed E-state index contributed by atoms with van der Waals surface area (Å²) in [6.45, 7) is 3.57. The molecular weight excluding hydrogens is 316 g/mol. The van der Waals surface area contributed by atoms with Gasteiger partial charge in [-0.25, -0.2) is 0 Å². The molecule has 0 unspecified atom stereocenters. The van der Waals surface area contributed by atoms with Crippen LogP contribution in [0.1, 0.15) is 37.2 Å². The Morgan fingerprint density at radius 1 is 1.00 bits per heavy atom. The van der Waals surface area contributed by atoms with Crippen molar-refractivity contribution in [3.05, 3.63) is 23.8 Å². The Balaban J connectivity index is 1.38. The number of hydrogen-bond acceptors (Lipinski definition) is 4. The molecule has 0 radical (unpaired) electrons. The Labute approximate surface area is 147 Å². The molecular formula is C20H24N2O3. The monoisotopic (exact) mass is 340 g/mol. The van der Waals surface area contributed by atoms with E-state index in [4.69, 9.17) is 9.47 Å². The number of fused-ring (bicyclic) bond motifs is 3. The minimum Gasteiger partial charge on any atom is -0.454 e. The molecule has 1 saturated carbocycles. The van der Waals surface area contributed by atoms with Gasteiger partial charge in [0.05, 0.1) is 6.04 Å². The summed E-state index contributed by atoms with van der Waals surface area (Å²) in [5, 5.41) is 0. The minimum absolute atomic E-state index is 0.312. The Hall–Kier alpha value is -1.75. The van der Waals surface area contributed by atoms with Crippen molar-refractivity contribution in [1.29, 1.82) is 0 Å². The topological polar surface area (TPSA) is 42.0 Å². The van der Waals surface area contributed by atoms with Crippen LogP contribution in [0.5, 0.6) is 11.5 Å². The summed E-state index contributed by atoms with van der Waals surface area (Å²) in [4.78, 5) is 17.9. The lowest BCUT2D eigenvalue weighted by Gasteiger charge is -2.51. The SMILES string of the molecule is O=C(C1CC1)N1C[C@H](c2ccc3c(c2)OCO3)[C@H]2[C@@H]1C1CCN2CC1. The Kier molecular flexibility index (Phi) is 2.96. The van der Waals surface area contributed by atoms with Gasteiger partial charge in [-0.05, 0) is 62.4 Å². The Morgan fingerprint density at radius 2 is 1.80 bits per heavy atom. The van der Waals surface area contributed by atoms with Gasteiger partial charge < -0.3 is 14.4 Å². The fourth-order valence-corrected chi connectivity index (χ4v) is 5.67. The Bertz CT molecular complexity index is 724. The molecule has 5 fully saturated rings. The van der Waals surface area contributed by atoms with Crippen LogP contribution in [0.4, 0.5) is 0 Å². The van der Waals surface area contributed by atoms with Crippen molar-refractivity contribution in [3.63, 3.8) is 0 Å². The number of nitrogens with zero attached hydrogens (tertiary/aromatic N) is 2. The van der Waals surface area contributed by atoms with Crippen molar-refractivity contribution < 1.29 is 14.3 Å². The summed E-state index contributed by atoms with van der Waals surface area (Å²) in [6, 6.07) is 7.28. The van der Waals surface area contributed by atoms with Gasteiger partial charge in [0.2, 0.25) is 12.7 Å². The molecule has 4 saturated heterocycles. The number of rotatable bonds is 2. The van der Waals surface area contributed by atoms with E-state index in [0.717, 1.165) is 30.9 Å². The van der Waals surface area contributed by atoms with E-state index in [1.807, 2.05) is 6.07 Å². The summed E-state index contributed by atoms with van der Waals surface area (Å²) < 4.78 is 11.1. The normalized spacial score (nSPS) is 38.1. The van der Waals surface area contributed by atoms with Crippen LogP contribution >= 0.6 is 0 Å². The number of piperidine rings is 3. The summed E-state index contributed by atoms with van der Waals surface area (Å²) in [5.41, 5.74) is 1.30. The van der Waals surface area contributed by atoms with Gasteiger partial charge in [-0.15, -0.1) is 0 Å². The van der Waals surface area contributed by atoms with Gasteiger partial charge in [0, 0.05) is 24.4 Å². The lowest BCUT2D eigenvalue weighted by molar-refractivity contribution is -0.137. The van der Waals surface area contributed by atoms with Crippen LogP contribution < -0.4 is 9.47 Å². The molecule has 132 valence electrons. The van der Waals surface area contributed by atoms with Crippen LogP contribution in [0.3, 0.4) is 0 Å². The van der Waals surface area contributed by atoms with Gasteiger partial charge in [-0.3, -0.25) is 9.69 Å². The van der Waals surface area contributed by atoms with E-state index in [1.54, 1.807) is 0 Å². The van der Waals surface area contributed by atoms with Crippen molar-refractivity contribution >= 4 is 5.91 Å². The number of carbonyl (C=O) groups excluding carboxylic acids is 1. The van der Waals surface area contributed by atoms with Gasteiger partial charge in [0.15, 0.2) is 11.5 Å². The van der Waals surface area contributed by atoms with Crippen LogP contribution in [0, 0.1) is 11.8 Å². The summed E-state index contributed by atoms with van der Waals surface area (Å²) >= 11 is 0. The van der Waals surface area contributed by atoms with Gasteiger partial charge >= 0.3 is 0 Å². The Morgan fingerprint density at radius 3 is 2.60 bits per heavy atom. The van der Waals surface area contributed by atoms with E-state index in [-0.39, 0.29) is 0 Å². The van der Waals surface area contributed by atoms with Crippen molar-refractivity contribution in [2.75, 3.05) is 26.4 Å². The van der Waals surface area contributed by atoms with E-state index in [1.165, 1.54) is 31.5 Å². The van der Waals surface area contributed by atoms with E-state index >= 15 is 0 Å². The summed E-state index contributed by atoms with van der Waals surface area (Å²) in [7, 11) is 0. The van der Waals surface area contributed by atoms with Gasteiger partial charge in [0.1, 0.15) is 0 Å². The first-order chi connectivity index (χ1) is 12.3. The van der Waals surface area contributed by atoms with Gasteiger partial charge in [-0.1, -0.05) is 6.07 Å². The average Bonchev–Trinajstić information content (AvgIpc) is 3.25. The molecule has 3 atom stereocenters. The highest BCUT2D eigenvalue weighted by Crippen LogP contribution is 2.49. The molecule has 6 aliphatic rings. The van der Waals surface area contributed by atoms with Crippen LogP contribution in [0.2, 0.25) is 0 Å². The molecule has 5 nitrogen and oxygen atoms in total. The highest BCUT2D eigenvalue weighted by molar-refractivity contribution is 5.82. The quantitative estimate of drug-likeness (QED) is 0.828. The molecule has 1 aromatic carbocycles. The van der Waals surface area contributed by atoms with Crippen molar-refractivity contribution in [3.8, 4) is 11.5 Å². The molecule has 0 spiro atoms. The predicted octanol–water partition coefficient (Wildman–Crippen LogP) is 2.21. The highest BCUT2D eigenvalue weighted by atomic mass is 16.7. The molecule has 2 bridgehead atoms. The van der Waals surface area contributed by atoms with Crippen LogP contribution in [0.15, 0.2) is 18.2 Å². The second-order valence-electron chi connectivity index (χ2n) is 8.34. The molecule has 25 heavy (non-hydrogen) atoms. The van der Waals surface area contributed by atoms with Crippen LogP contribution in [-0.2, 0) is 4.79 Å². The smallest absolute Gasteiger partial charge is 0.231 e. The number of likely N-dealkylation sites (tertiary alicyclic amines) is 1. The van der Waals surface area contributed by atoms with E-state index in [9.17, 15) is 4.79 Å². The number of amides is 1. The first kappa shape index (κ1) is 14.4. The van der Waals surface area contributed by atoms with Crippen molar-refractivity contribution in [2.24, 2.45) is 11.8 Å². The summed E-state index contributed by atoms with van der Waals surface area (Å²) in [5.74, 6) is 3.52. The molecule has 0 aromatic heterocycles. The molecule has 1 aliphatic carbocycles. The lowest BCUT2D eigenvalue weighted by atomic mass is 9.75. The summed E-state index contributed by atoms with van der Waals surface area (Å²) in [6.07, 6.45) is 4.69. The van der Waals surface area contributed by atoms with Crippen molar-refractivity contribution in [1.82, 2.24) is 9.80 Å². The maximum Gasteiger partial charge on any atom is 0.231 e. The van der Waals surface area contributed by atoms with E-state index < -0.39 is 0 Å². The van der Waals surface area contributed by atoms with Gasteiger partial charge in [0.25, 0.3) is 0 Å². The first-order valence-electron chi connectivity index (χ1n) is 9.74. The highest BCUT2D eigenvalue weighted by Gasteiger charge is 2.55. The average molecular weight is 340 g/mol. The number of ether oxygens (including phenoxy) is 2. The third-order valence-corrected chi connectivity index (χ3v) is 7.03. The first-order valence-corrected chi connectivity index (χ1v) is 9.74. The van der Waals surface area contributed by atoms with Crippen LogP contribution in [-0.4, -0.2) is 54.2 Å². The number of benzene rings is 1. The standard InChI is InChI=1S/C20H24N2O3/c23-20(13-1-2-13)22-10-15(14-3-4-16-17(9-14)25-11-24-16)19-18(22)12-5-7-21(19)8-6-12/h3-4,9,12-13,15,18-19H,1-2,5-8,10-11H2/t15-,18+,19+/m1/s1. The zero-order chi connectivity index (χ0) is 16.5. The predicted molar refractivity (Wildman–Crippen MR) is 91.6 cm³/mol. The van der Waals surface area contributed by atoms with Crippen LogP contribution in [0.25, 0.3) is 0 Å². The largest absolute Gasteiger partial charge is 0.454 e. The molecule has 5 heteroatoms. The number of carbonyl (C=O) groups is 1. The van der Waals surface area contributed by atoms with Gasteiger partial charge in [-0.2, -0.15) is 0 Å². The molecule has 5 heterocycles. The maximum absolute atomic E-state index is 13.0. The third kappa shape index (κ3) is 2.08. The number of hydrogen-bond donors (Lipinski definition) is 0. The molecule has 5 aliphatic heterocycles. The molecule has 1 amide bonds. The van der Waals surface area contributed by atoms with Crippen molar-refractivity contribution in [2.45, 2.75) is 43.7 Å². The molecule has 7 rings (SSSR count). The third-order valence-electron chi connectivity index (χ3n) is 7.03. The fraction of sp³-hybridized carbons (Fsp3) is 0.650. The van der Waals surface area contributed by atoms with E-state index in [2.05, 4.69) is 21.9 Å². The second kappa shape index (κ2) is 5.13. The fourth-order valence-electron chi connectivity index (χ4n) is 5.67. The zero-order valence-corrected chi connectivity index (χ0v) is 14.4. The molecule has 1 aromatic rings. The second-order valence-corrected chi connectivity index (χ2v) is 8.34. The molecule has 0 N–H and O–H groups in total.